The van der Waals surface area contributed by atoms with E-state index in [0.29, 0.717) is 0 Å². The zero-order valence-corrected chi connectivity index (χ0v) is 20.2. The smallest absolute Gasteiger partial charge is 0.180 e. The fourth-order valence-electron chi connectivity index (χ4n) is 4.30. The highest BCUT2D eigenvalue weighted by atomic mass is 32.2. The molecule has 0 aliphatic carbocycles. The summed E-state index contributed by atoms with van der Waals surface area (Å²) in [4.78, 5) is 28.2. The van der Waals surface area contributed by atoms with Gasteiger partial charge in [0.25, 0.3) is 0 Å². The summed E-state index contributed by atoms with van der Waals surface area (Å²) in [6, 6.07) is 14.4. The maximum atomic E-state index is 11.8. The zero-order valence-electron chi connectivity index (χ0n) is 19.4. The monoisotopic (exact) mass is 470 g/mol. The third kappa shape index (κ3) is 4.89. The predicted octanol–water partition coefficient (Wildman–Crippen LogP) is 7.21. The number of aromatic amines is 2. The largest absolute Gasteiger partial charge is 0.355 e. The Bertz CT molecular complexity index is 1430. The van der Waals surface area contributed by atoms with E-state index in [1.54, 1.807) is 0 Å². The minimum absolute atomic E-state index is 0.0289. The van der Waals surface area contributed by atoms with Crippen molar-refractivity contribution in [2.75, 3.05) is 5.75 Å². The molecule has 0 saturated heterocycles. The first kappa shape index (κ1) is 22.3. The van der Waals surface area contributed by atoms with Crippen LogP contribution in [0.2, 0.25) is 0 Å². The fourth-order valence-corrected chi connectivity index (χ4v) is 5.85. The maximum absolute atomic E-state index is 11.8. The first-order chi connectivity index (χ1) is 16.6. The average molecular weight is 471 g/mol. The highest BCUT2D eigenvalue weighted by Gasteiger charge is 2.32. The molecule has 1 unspecified atom stereocenters. The fraction of sp³-hybridized carbons (Fsp3) is 0.259. The summed E-state index contributed by atoms with van der Waals surface area (Å²) in [7, 11) is 0. The van der Waals surface area contributed by atoms with E-state index in [9.17, 15) is 4.91 Å². The molecule has 172 valence electrons. The van der Waals surface area contributed by atoms with Crippen molar-refractivity contribution in [3.8, 4) is 0 Å². The van der Waals surface area contributed by atoms with Gasteiger partial charge in [-0.05, 0) is 86.5 Å². The minimum Gasteiger partial charge on any atom is -0.355 e. The maximum Gasteiger partial charge on any atom is 0.180 e. The average Bonchev–Trinajstić information content (AvgIpc) is 3.61. The highest BCUT2D eigenvalue weighted by Crippen LogP contribution is 2.31. The van der Waals surface area contributed by atoms with Gasteiger partial charge in [0.15, 0.2) is 20.9 Å². The van der Waals surface area contributed by atoms with Crippen molar-refractivity contribution in [2.45, 2.75) is 38.4 Å². The molecular formula is C27H28N5OS+. The Morgan fingerprint density at radius 2 is 1.47 bits per heavy atom. The molecule has 34 heavy (non-hydrogen) atoms. The second kappa shape index (κ2) is 9.81. The molecule has 0 aromatic carbocycles. The third-order valence-electron chi connectivity index (χ3n) is 6.10. The molecule has 0 amide bonds. The lowest BCUT2D eigenvalue weighted by Crippen LogP contribution is -2.12. The molecule has 7 heteroatoms. The molecule has 0 saturated carbocycles. The first-order valence-corrected chi connectivity index (χ1v) is 13.1. The van der Waals surface area contributed by atoms with Crippen LogP contribution in [0.25, 0.3) is 46.4 Å². The van der Waals surface area contributed by atoms with Crippen molar-refractivity contribution in [1.82, 2.24) is 19.9 Å². The number of fused-ring (bicyclic) bond motifs is 8. The van der Waals surface area contributed by atoms with Crippen LogP contribution < -0.4 is 0 Å². The van der Waals surface area contributed by atoms with Gasteiger partial charge in [-0.15, -0.1) is 0 Å². The van der Waals surface area contributed by atoms with Gasteiger partial charge in [0.05, 0.1) is 22.8 Å². The van der Waals surface area contributed by atoms with Crippen LogP contribution in [0.15, 0.2) is 47.0 Å². The Labute approximate surface area is 201 Å². The number of hydrogen-bond acceptors (Lipinski definition) is 4. The minimum atomic E-state index is -0.568. The SMILES string of the molecule is CCCCC[S+](N=O)[C@@H](C)c1cc2cc3ccc(cc4nc(cc5nc(cc1[nH]2)C=C5)C=C4)[nH]3. The number of rotatable bonds is 7. The summed E-state index contributed by atoms with van der Waals surface area (Å²) >= 11 is -0.568. The van der Waals surface area contributed by atoms with Crippen LogP contribution in [-0.4, -0.2) is 25.7 Å². The standard InChI is InChI=1S/C27H28N5OS/c1-3-4-5-12-34(32-33)18(2)26-16-25-15-23-9-8-21(29-23)13-19-6-7-20(28-19)14-22-10-11-24(30-22)17-27(26)31-25/h6-11,13-18,29,31H,3-5,12H2,1-2H3/q+1/t18-,34?/m0/s1. The van der Waals surface area contributed by atoms with Crippen LogP contribution in [0.4, 0.5) is 0 Å². The van der Waals surface area contributed by atoms with Crippen LogP contribution in [0.1, 0.15) is 66.7 Å². The topological polar surface area (TPSA) is 86.8 Å². The predicted molar refractivity (Wildman–Crippen MR) is 145 cm³/mol. The van der Waals surface area contributed by atoms with Gasteiger partial charge in [0.1, 0.15) is 5.75 Å². The Kier molecular flexibility index (Phi) is 6.45. The first-order valence-electron chi connectivity index (χ1n) is 11.7. The molecule has 8 bridgehead atoms. The molecule has 5 heterocycles. The number of H-pyrrole nitrogens is 2. The molecule has 0 radical (unpaired) electrons. The van der Waals surface area contributed by atoms with Crippen molar-refractivity contribution in [1.29, 1.82) is 0 Å². The Morgan fingerprint density at radius 3 is 2.15 bits per heavy atom. The van der Waals surface area contributed by atoms with Crippen molar-refractivity contribution in [3.63, 3.8) is 0 Å². The zero-order chi connectivity index (χ0) is 23.5. The molecule has 2 aliphatic rings. The number of nitroso groups, excluding NO2 is 1. The second-order valence-corrected chi connectivity index (χ2v) is 10.7. The second-order valence-electron chi connectivity index (χ2n) is 8.66. The van der Waals surface area contributed by atoms with Crippen LogP contribution in [-0.2, 0) is 11.1 Å². The summed E-state index contributed by atoms with van der Waals surface area (Å²) in [6.45, 7) is 4.29. The van der Waals surface area contributed by atoms with Gasteiger partial charge in [-0.1, -0.05) is 18.3 Å². The van der Waals surface area contributed by atoms with Gasteiger partial charge in [-0.25, -0.2) is 9.97 Å². The molecule has 0 spiro atoms. The van der Waals surface area contributed by atoms with E-state index in [1.165, 1.54) is 0 Å². The Hall–Kier alpha value is -3.45. The Balaban J connectivity index is 1.68. The van der Waals surface area contributed by atoms with E-state index in [4.69, 9.17) is 4.98 Å². The van der Waals surface area contributed by atoms with Crippen molar-refractivity contribution < 1.29 is 0 Å². The number of hydrogen-bond donors (Lipinski definition) is 2. The lowest BCUT2D eigenvalue weighted by Gasteiger charge is -2.07. The lowest BCUT2D eigenvalue weighted by atomic mass is 10.2. The summed E-state index contributed by atoms with van der Waals surface area (Å²) < 4.78 is 3.54. The number of nitrogens with one attached hydrogen (secondary N) is 2. The van der Waals surface area contributed by atoms with E-state index < -0.39 is 11.1 Å². The molecule has 3 aromatic rings. The van der Waals surface area contributed by atoms with E-state index in [-0.39, 0.29) is 5.25 Å². The summed E-state index contributed by atoms with van der Waals surface area (Å²) in [5, 5.41) is 0.0289. The van der Waals surface area contributed by atoms with Crippen LogP contribution in [0, 0.1) is 4.91 Å². The van der Waals surface area contributed by atoms with Gasteiger partial charge in [-0.3, -0.25) is 0 Å². The van der Waals surface area contributed by atoms with Crippen molar-refractivity contribution in [2.24, 2.45) is 4.58 Å². The molecule has 0 fully saturated rings. The quantitative estimate of drug-likeness (QED) is 0.150. The number of unbranched alkanes of at least 4 members (excludes halogenated alkanes) is 2. The molecule has 6 nitrogen and oxygen atoms in total. The summed E-state index contributed by atoms with van der Waals surface area (Å²) in [5.74, 6) is 0.834. The van der Waals surface area contributed by atoms with Crippen molar-refractivity contribution in [3.05, 3.63) is 75.7 Å². The van der Waals surface area contributed by atoms with Gasteiger partial charge in [0.2, 0.25) is 0 Å². The van der Waals surface area contributed by atoms with Crippen LogP contribution in [0.5, 0.6) is 0 Å². The third-order valence-corrected chi connectivity index (χ3v) is 8.07. The molecular weight excluding hydrogens is 442 g/mol. The summed E-state index contributed by atoms with van der Waals surface area (Å²) in [5.41, 5.74) is 8.55. The van der Waals surface area contributed by atoms with Gasteiger partial charge in [-0.2, -0.15) is 0 Å². The molecule has 3 aromatic heterocycles. The summed E-state index contributed by atoms with van der Waals surface area (Å²) in [6.07, 6.45) is 11.3. The molecule has 2 N–H and O–H groups in total. The lowest BCUT2D eigenvalue weighted by molar-refractivity contribution is 0.775. The van der Waals surface area contributed by atoms with E-state index >= 15 is 0 Å². The van der Waals surface area contributed by atoms with E-state index in [0.717, 1.165) is 75.4 Å². The van der Waals surface area contributed by atoms with Gasteiger partial charge < -0.3 is 9.97 Å². The van der Waals surface area contributed by atoms with Gasteiger partial charge >= 0.3 is 0 Å². The number of aromatic nitrogens is 4. The molecule has 2 atom stereocenters. The Morgan fingerprint density at radius 1 is 0.824 bits per heavy atom. The molecule has 5 rings (SSSR count). The van der Waals surface area contributed by atoms with Gasteiger partial charge in [0, 0.05) is 27.6 Å². The normalized spacial score (nSPS) is 14.3. The number of nitrogens with zero attached hydrogens (tertiary/aromatic N) is 3. The molecule has 2 aliphatic heterocycles. The highest BCUT2D eigenvalue weighted by molar-refractivity contribution is 7.95. The van der Waals surface area contributed by atoms with Crippen LogP contribution >= 0.6 is 0 Å². The van der Waals surface area contributed by atoms with E-state index in [2.05, 4.69) is 57.6 Å². The van der Waals surface area contributed by atoms with Crippen LogP contribution in [0.3, 0.4) is 0 Å². The van der Waals surface area contributed by atoms with E-state index in [1.807, 2.05) is 42.5 Å². The van der Waals surface area contributed by atoms with Crippen molar-refractivity contribution >= 4 is 57.5 Å².